The third-order valence-electron chi connectivity index (χ3n) is 13.6. The summed E-state index contributed by atoms with van der Waals surface area (Å²) in [5.74, 6) is 0. The van der Waals surface area contributed by atoms with Crippen molar-refractivity contribution in [3.63, 3.8) is 0 Å². The molecule has 0 amide bonds. The van der Waals surface area contributed by atoms with Crippen molar-refractivity contribution >= 4 is 27.8 Å². The second-order valence-electron chi connectivity index (χ2n) is 17.2. The maximum atomic E-state index is 2.46. The highest BCUT2D eigenvalue weighted by Crippen LogP contribution is 2.59. The Morgan fingerprint density at radius 1 is 0.258 bits per heavy atom. The van der Waals surface area contributed by atoms with Crippen molar-refractivity contribution in [3.8, 4) is 55.6 Å². The third kappa shape index (κ3) is 6.64. The van der Waals surface area contributed by atoms with E-state index in [2.05, 4.69) is 278 Å². The van der Waals surface area contributed by atoms with E-state index >= 15 is 0 Å². The molecule has 0 atom stereocenters. The lowest BCUT2D eigenvalue weighted by atomic mass is 9.68. The molecule has 11 aromatic rings. The van der Waals surface area contributed by atoms with Crippen LogP contribution in [0.4, 0.5) is 17.1 Å². The summed E-state index contributed by atoms with van der Waals surface area (Å²) in [6, 6.07) is 100.0. The van der Waals surface area contributed by atoms with Crippen molar-refractivity contribution in [2.75, 3.05) is 4.90 Å². The highest BCUT2D eigenvalue weighted by atomic mass is 15.1. The van der Waals surface area contributed by atoms with Crippen LogP contribution in [-0.2, 0) is 5.41 Å². The minimum Gasteiger partial charge on any atom is -0.310 e. The fourth-order valence-corrected chi connectivity index (χ4v) is 10.5. The molecule has 0 N–H and O–H groups in total. The van der Waals surface area contributed by atoms with E-state index in [0.717, 1.165) is 17.1 Å². The molecular weight excluding hydrogens is 795 g/mol. The Hall–Kier alpha value is -8.52. The molecule has 1 heteroatoms. The zero-order valence-corrected chi connectivity index (χ0v) is 36.4. The molecule has 1 nitrogen and oxygen atoms in total. The van der Waals surface area contributed by atoms with Gasteiger partial charge in [-0.2, -0.15) is 0 Å². The van der Waals surface area contributed by atoms with E-state index in [1.807, 2.05) is 0 Å². The minimum absolute atomic E-state index is 0.513. The van der Waals surface area contributed by atoms with Crippen LogP contribution in [0.3, 0.4) is 0 Å². The van der Waals surface area contributed by atoms with Crippen molar-refractivity contribution in [1.29, 1.82) is 0 Å². The van der Waals surface area contributed by atoms with E-state index in [4.69, 9.17) is 0 Å². The summed E-state index contributed by atoms with van der Waals surface area (Å²) in [5.41, 5.74) is 20.0. The predicted octanol–water partition coefficient (Wildman–Crippen LogP) is 17.3. The Labute approximate surface area is 387 Å². The number of hydrogen-bond acceptors (Lipinski definition) is 1. The van der Waals surface area contributed by atoms with E-state index < -0.39 is 5.41 Å². The number of anilines is 3. The second-order valence-corrected chi connectivity index (χ2v) is 17.2. The first-order valence-electron chi connectivity index (χ1n) is 22.8. The van der Waals surface area contributed by atoms with Gasteiger partial charge < -0.3 is 4.90 Å². The van der Waals surface area contributed by atoms with Gasteiger partial charge >= 0.3 is 0 Å². The average molecular weight is 840 g/mol. The molecule has 310 valence electrons. The SMILES string of the molecule is c1ccc(-c2ccccc2-c2ccc(N(c3ccc(-c4cccc(-c5ccc6ccccc6c5)c4)cc3)c3cccc4c3-c3ccccc3C4(c3ccccc3)c3ccccc3)cc2)cc1. The topological polar surface area (TPSA) is 3.24 Å². The Morgan fingerprint density at radius 3 is 1.35 bits per heavy atom. The molecule has 0 aliphatic heterocycles. The van der Waals surface area contributed by atoms with Gasteiger partial charge in [-0.3, -0.25) is 0 Å². The first-order chi connectivity index (χ1) is 32.7. The molecule has 66 heavy (non-hydrogen) atoms. The molecule has 1 aliphatic carbocycles. The standard InChI is InChI=1S/C65H45N/c1-4-19-48(20-5-1)58-28-12-13-29-59(58)49-38-42-57(43-39-49)66(56-40-36-47(37-41-56)51-22-16-23-52(44-51)53-35-34-46-18-10-11-21-50(46)45-53)63-33-17-32-62-64(63)60-30-14-15-31-61(60)65(62,54-24-6-2-7-25-54)55-26-8-3-9-27-55/h1-45H. The van der Waals surface area contributed by atoms with Crippen LogP contribution in [0.25, 0.3) is 66.4 Å². The summed E-state index contributed by atoms with van der Waals surface area (Å²) in [4.78, 5) is 2.46. The van der Waals surface area contributed by atoms with Crippen molar-refractivity contribution < 1.29 is 0 Å². The lowest BCUT2D eigenvalue weighted by molar-refractivity contribution is 0.768. The van der Waals surface area contributed by atoms with Crippen LogP contribution in [0.1, 0.15) is 22.3 Å². The maximum absolute atomic E-state index is 2.46. The number of nitrogens with zero attached hydrogens (tertiary/aromatic N) is 1. The number of rotatable bonds is 9. The summed E-state index contributed by atoms with van der Waals surface area (Å²) >= 11 is 0. The molecule has 12 rings (SSSR count). The summed E-state index contributed by atoms with van der Waals surface area (Å²) < 4.78 is 0. The molecule has 0 saturated carbocycles. The fourth-order valence-electron chi connectivity index (χ4n) is 10.5. The van der Waals surface area contributed by atoms with Gasteiger partial charge in [0.2, 0.25) is 0 Å². The smallest absolute Gasteiger partial charge is 0.0714 e. The van der Waals surface area contributed by atoms with Crippen molar-refractivity contribution in [3.05, 3.63) is 295 Å². The van der Waals surface area contributed by atoms with Crippen molar-refractivity contribution in [2.24, 2.45) is 0 Å². The predicted molar refractivity (Wildman–Crippen MR) is 278 cm³/mol. The van der Waals surface area contributed by atoms with Crippen LogP contribution >= 0.6 is 0 Å². The van der Waals surface area contributed by atoms with Crippen LogP contribution in [0.15, 0.2) is 273 Å². The number of hydrogen-bond donors (Lipinski definition) is 0. The van der Waals surface area contributed by atoms with Crippen molar-refractivity contribution in [2.45, 2.75) is 5.41 Å². The Kier molecular flexibility index (Phi) is 9.81. The van der Waals surface area contributed by atoms with Crippen molar-refractivity contribution in [1.82, 2.24) is 0 Å². The molecule has 0 fully saturated rings. The van der Waals surface area contributed by atoms with Crippen LogP contribution in [0, 0.1) is 0 Å². The van der Waals surface area contributed by atoms with E-state index in [1.54, 1.807) is 0 Å². The van der Waals surface area contributed by atoms with Gasteiger partial charge in [0.1, 0.15) is 0 Å². The van der Waals surface area contributed by atoms with Crippen LogP contribution in [-0.4, -0.2) is 0 Å². The Bertz CT molecular complexity index is 3460. The lowest BCUT2D eigenvalue weighted by Crippen LogP contribution is -2.28. The van der Waals surface area contributed by atoms with Crippen LogP contribution < -0.4 is 4.90 Å². The van der Waals surface area contributed by atoms with E-state index in [-0.39, 0.29) is 0 Å². The van der Waals surface area contributed by atoms with Gasteiger partial charge in [-0.25, -0.2) is 0 Å². The largest absolute Gasteiger partial charge is 0.310 e. The number of benzene rings is 11. The summed E-state index contributed by atoms with van der Waals surface area (Å²) in [7, 11) is 0. The monoisotopic (exact) mass is 839 g/mol. The molecule has 0 radical (unpaired) electrons. The normalized spacial score (nSPS) is 12.4. The molecular formula is C65H45N. The third-order valence-corrected chi connectivity index (χ3v) is 13.6. The van der Waals surface area contributed by atoms with E-state index in [1.165, 1.54) is 88.7 Å². The Morgan fingerprint density at radius 2 is 0.697 bits per heavy atom. The zero-order valence-electron chi connectivity index (χ0n) is 36.4. The molecule has 0 unspecified atom stereocenters. The van der Waals surface area contributed by atoms with E-state index in [9.17, 15) is 0 Å². The van der Waals surface area contributed by atoms with Gasteiger partial charge in [0.15, 0.2) is 0 Å². The van der Waals surface area contributed by atoms with Crippen LogP contribution in [0.5, 0.6) is 0 Å². The quantitative estimate of drug-likeness (QED) is 0.140. The summed E-state index contributed by atoms with van der Waals surface area (Å²) in [6.45, 7) is 0. The highest BCUT2D eigenvalue weighted by Gasteiger charge is 2.47. The fraction of sp³-hybridized carbons (Fsp3) is 0.0154. The van der Waals surface area contributed by atoms with Gasteiger partial charge in [-0.05, 0) is 126 Å². The molecule has 0 bridgehead atoms. The Balaban J connectivity index is 1.02. The lowest BCUT2D eigenvalue weighted by Gasteiger charge is -2.34. The van der Waals surface area contributed by atoms with Gasteiger partial charge in [-0.15, -0.1) is 0 Å². The minimum atomic E-state index is -0.513. The first-order valence-corrected chi connectivity index (χ1v) is 22.8. The summed E-state index contributed by atoms with van der Waals surface area (Å²) in [6.07, 6.45) is 0. The summed E-state index contributed by atoms with van der Waals surface area (Å²) in [5, 5.41) is 2.50. The molecule has 0 spiro atoms. The van der Waals surface area contributed by atoms with Crippen LogP contribution in [0.2, 0.25) is 0 Å². The van der Waals surface area contributed by atoms with Gasteiger partial charge in [0.25, 0.3) is 0 Å². The molecule has 11 aromatic carbocycles. The van der Waals surface area contributed by atoms with E-state index in [0.29, 0.717) is 0 Å². The highest BCUT2D eigenvalue weighted by molar-refractivity contribution is 5.98. The zero-order chi connectivity index (χ0) is 43.9. The van der Waals surface area contributed by atoms with Gasteiger partial charge in [0, 0.05) is 16.9 Å². The number of fused-ring (bicyclic) bond motifs is 4. The van der Waals surface area contributed by atoms with Gasteiger partial charge in [-0.1, -0.05) is 231 Å². The average Bonchev–Trinajstić information content (AvgIpc) is 3.71. The second kappa shape index (κ2) is 16.6. The molecule has 0 heterocycles. The first kappa shape index (κ1) is 39.1. The molecule has 0 saturated heterocycles. The molecule has 1 aliphatic rings. The maximum Gasteiger partial charge on any atom is 0.0714 e. The van der Waals surface area contributed by atoms with Gasteiger partial charge in [0.05, 0.1) is 11.1 Å². The molecule has 0 aromatic heterocycles.